The number of rotatable bonds is 7. The number of pyridine rings is 1. The van der Waals surface area contributed by atoms with E-state index >= 15 is 0 Å². The lowest BCUT2D eigenvalue weighted by Gasteiger charge is -2.07. The van der Waals surface area contributed by atoms with Crippen molar-refractivity contribution in [1.82, 2.24) is 15.6 Å². The van der Waals surface area contributed by atoms with Gasteiger partial charge in [0.1, 0.15) is 0 Å². The third-order valence-electron chi connectivity index (χ3n) is 2.22. The molecule has 0 radical (unpaired) electrons. The van der Waals surface area contributed by atoms with E-state index in [-0.39, 0.29) is 29.9 Å². The third kappa shape index (κ3) is 7.89. The first-order chi connectivity index (χ1) is 9.24. The summed E-state index contributed by atoms with van der Waals surface area (Å²) in [6, 6.07) is 3.42. The van der Waals surface area contributed by atoms with Gasteiger partial charge in [-0.25, -0.2) is 0 Å². The molecule has 8 heteroatoms. The summed E-state index contributed by atoms with van der Waals surface area (Å²) in [6.07, 6.45) is 3.14. The van der Waals surface area contributed by atoms with Crippen LogP contribution in [0.1, 0.15) is 10.4 Å². The van der Waals surface area contributed by atoms with Crippen molar-refractivity contribution < 1.29 is 9.53 Å². The Labute approximate surface area is 135 Å². The highest BCUT2D eigenvalue weighted by atomic mass is 127. The van der Waals surface area contributed by atoms with E-state index in [1.54, 1.807) is 25.4 Å². The first-order valence-corrected chi connectivity index (χ1v) is 5.95. The Morgan fingerprint density at radius 2 is 2.20 bits per heavy atom. The lowest BCUT2D eigenvalue weighted by atomic mass is 10.3. The van der Waals surface area contributed by atoms with Crippen LogP contribution in [0.4, 0.5) is 0 Å². The van der Waals surface area contributed by atoms with Crippen LogP contribution in [0.5, 0.6) is 0 Å². The predicted octanol–water partition coefficient (Wildman–Crippen LogP) is -0.0199. The van der Waals surface area contributed by atoms with Gasteiger partial charge in [0.25, 0.3) is 5.91 Å². The van der Waals surface area contributed by atoms with Gasteiger partial charge < -0.3 is 21.1 Å². The van der Waals surface area contributed by atoms with Crippen molar-refractivity contribution in [2.24, 2.45) is 10.7 Å². The first kappa shape index (κ1) is 18.6. The fourth-order valence-electron chi connectivity index (χ4n) is 1.28. The van der Waals surface area contributed by atoms with E-state index in [2.05, 4.69) is 20.6 Å². The fourth-order valence-corrected chi connectivity index (χ4v) is 1.28. The molecule has 0 aliphatic heterocycles. The maximum atomic E-state index is 11.6. The van der Waals surface area contributed by atoms with Crippen LogP contribution in [0, 0.1) is 0 Å². The van der Waals surface area contributed by atoms with Crippen molar-refractivity contribution in [2.45, 2.75) is 0 Å². The van der Waals surface area contributed by atoms with Crippen LogP contribution in [0.3, 0.4) is 0 Å². The molecule has 1 heterocycles. The molecule has 4 N–H and O–H groups in total. The molecule has 0 bridgehead atoms. The number of aliphatic imine (C=N–C) groups is 1. The molecule has 0 saturated carbocycles. The first-order valence-electron chi connectivity index (χ1n) is 5.95. The number of hydrogen-bond acceptors (Lipinski definition) is 4. The Kier molecular flexibility index (Phi) is 10.6. The van der Waals surface area contributed by atoms with Gasteiger partial charge in [0, 0.05) is 32.6 Å². The van der Waals surface area contributed by atoms with Crippen LogP contribution >= 0.6 is 24.0 Å². The highest BCUT2D eigenvalue weighted by Gasteiger charge is 2.03. The molecule has 0 saturated heterocycles. The smallest absolute Gasteiger partial charge is 0.252 e. The number of methoxy groups -OCH3 is 1. The van der Waals surface area contributed by atoms with Gasteiger partial charge in [-0.1, -0.05) is 0 Å². The summed E-state index contributed by atoms with van der Waals surface area (Å²) in [4.78, 5) is 19.5. The number of halogens is 1. The summed E-state index contributed by atoms with van der Waals surface area (Å²) in [5.74, 6) is 0.178. The normalized spacial score (nSPS) is 10.6. The van der Waals surface area contributed by atoms with Crippen molar-refractivity contribution in [2.75, 3.05) is 33.4 Å². The Morgan fingerprint density at radius 1 is 1.45 bits per heavy atom. The zero-order valence-electron chi connectivity index (χ0n) is 11.3. The van der Waals surface area contributed by atoms with E-state index in [0.29, 0.717) is 37.8 Å². The SMILES string of the molecule is COCCN=C(N)NCCNC(=O)c1cccnc1.I. The molecule has 0 unspecified atom stereocenters. The molecular formula is C12H20IN5O2. The Balaban J connectivity index is 0.00000361. The van der Waals surface area contributed by atoms with Crippen LogP contribution in [-0.2, 0) is 4.74 Å². The van der Waals surface area contributed by atoms with Gasteiger partial charge in [0.15, 0.2) is 5.96 Å². The van der Waals surface area contributed by atoms with Crippen LogP contribution in [-0.4, -0.2) is 50.2 Å². The lowest BCUT2D eigenvalue weighted by molar-refractivity contribution is 0.0954. The molecule has 1 aromatic heterocycles. The lowest BCUT2D eigenvalue weighted by Crippen LogP contribution is -2.38. The summed E-state index contributed by atoms with van der Waals surface area (Å²) >= 11 is 0. The molecule has 7 nitrogen and oxygen atoms in total. The predicted molar refractivity (Wildman–Crippen MR) is 88.4 cm³/mol. The monoisotopic (exact) mass is 393 g/mol. The highest BCUT2D eigenvalue weighted by molar-refractivity contribution is 14.0. The maximum absolute atomic E-state index is 11.6. The van der Waals surface area contributed by atoms with Gasteiger partial charge in [-0.3, -0.25) is 14.8 Å². The standard InChI is InChI=1S/C12H19N5O2.HI/c1-19-8-7-17-12(13)16-6-5-15-11(18)10-3-2-4-14-9-10;/h2-4,9H,5-8H2,1H3,(H,15,18)(H3,13,16,17);1H. The molecule has 1 rings (SSSR count). The molecular weight excluding hydrogens is 373 g/mol. The van der Waals surface area contributed by atoms with Gasteiger partial charge >= 0.3 is 0 Å². The van der Waals surface area contributed by atoms with Gasteiger partial charge in [-0.15, -0.1) is 24.0 Å². The van der Waals surface area contributed by atoms with Gasteiger partial charge in [0.05, 0.1) is 18.7 Å². The van der Waals surface area contributed by atoms with Gasteiger partial charge in [-0.05, 0) is 12.1 Å². The third-order valence-corrected chi connectivity index (χ3v) is 2.22. The van der Waals surface area contributed by atoms with Crippen LogP contribution < -0.4 is 16.4 Å². The second-order valence-corrected chi connectivity index (χ2v) is 3.68. The number of aromatic nitrogens is 1. The summed E-state index contributed by atoms with van der Waals surface area (Å²) in [5, 5.41) is 5.64. The van der Waals surface area contributed by atoms with Gasteiger partial charge in [0.2, 0.25) is 0 Å². The van der Waals surface area contributed by atoms with E-state index in [9.17, 15) is 4.79 Å². The van der Waals surface area contributed by atoms with Crippen LogP contribution in [0.15, 0.2) is 29.5 Å². The van der Waals surface area contributed by atoms with Crippen molar-refractivity contribution >= 4 is 35.8 Å². The number of carbonyl (C=O) groups excluding carboxylic acids is 1. The molecule has 0 aromatic carbocycles. The van der Waals surface area contributed by atoms with Crippen LogP contribution in [0.2, 0.25) is 0 Å². The summed E-state index contributed by atoms with van der Waals surface area (Å²) in [7, 11) is 1.60. The molecule has 0 fully saturated rings. The second-order valence-electron chi connectivity index (χ2n) is 3.68. The number of nitrogens with zero attached hydrogens (tertiary/aromatic N) is 2. The Hall–Kier alpha value is -1.42. The average molecular weight is 393 g/mol. The quantitative estimate of drug-likeness (QED) is 0.262. The van der Waals surface area contributed by atoms with Crippen molar-refractivity contribution in [3.63, 3.8) is 0 Å². The van der Waals surface area contributed by atoms with E-state index in [0.717, 1.165) is 0 Å². The van der Waals surface area contributed by atoms with E-state index in [4.69, 9.17) is 10.5 Å². The average Bonchev–Trinajstić information content (AvgIpc) is 2.44. The molecule has 20 heavy (non-hydrogen) atoms. The topological polar surface area (TPSA) is 102 Å². The fraction of sp³-hybridized carbons (Fsp3) is 0.417. The molecule has 0 aliphatic rings. The number of hydrogen-bond donors (Lipinski definition) is 3. The number of nitrogens with one attached hydrogen (secondary N) is 2. The molecule has 0 atom stereocenters. The Morgan fingerprint density at radius 3 is 2.85 bits per heavy atom. The maximum Gasteiger partial charge on any atom is 0.252 e. The van der Waals surface area contributed by atoms with Crippen molar-refractivity contribution in [3.8, 4) is 0 Å². The number of amides is 1. The minimum Gasteiger partial charge on any atom is -0.383 e. The van der Waals surface area contributed by atoms with E-state index < -0.39 is 0 Å². The number of carbonyl (C=O) groups is 1. The van der Waals surface area contributed by atoms with Crippen molar-refractivity contribution in [3.05, 3.63) is 30.1 Å². The highest BCUT2D eigenvalue weighted by Crippen LogP contribution is 1.93. The summed E-state index contributed by atoms with van der Waals surface area (Å²) in [5.41, 5.74) is 6.13. The van der Waals surface area contributed by atoms with Crippen LogP contribution in [0.25, 0.3) is 0 Å². The second kappa shape index (κ2) is 11.4. The minimum atomic E-state index is -0.162. The van der Waals surface area contributed by atoms with E-state index in [1.807, 2.05) is 0 Å². The molecule has 0 spiro atoms. The van der Waals surface area contributed by atoms with Gasteiger partial charge in [-0.2, -0.15) is 0 Å². The summed E-state index contributed by atoms with van der Waals surface area (Å²) in [6.45, 7) is 2.00. The van der Waals surface area contributed by atoms with Crippen molar-refractivity contribution in [1.29, 1.82) is 0 Å². The summed E-state index contributed by atoms with van der Waals surface area (Å²) < 4.78 is 4.84. The molecule has 1 aromatic rings. The largest absolute Gasteiger partial charge is 0.383 e. The zero-order valence-corrected chi connectivity index (χ0v) is 13.7. The molecule has 0 aliphatic carbocycles. The molecule has 112 valence electrons. The number of ether oxygens (including phenoxy) is 1. The number of guanidine groups is 1. The Bertz CT molecular complexity index is 414. The zero-order chi connectivity index (χ0) is 13.9. The number of nitrogens with two attached hydrogens (primary N) is 1. The molecule has 1 amide bonds. The van der Waals surface area contributed by atoms with E-state index in [1.165, 1.54) is 6.20 Å². The minimum absolute atomic E-state index is 0.